The Labute approximate surface area is 142 Å². The van der Waals surface area contributed by atoms with Crippen molar-refractivity contribution in [2.45, 2.75) is 26.9 Å². The van der Waals surface area contributed by atoms with Crippen molar-refractivity contribution in [1.29, 1.82) is 0 Å². The minimum Gasteiger partial charge on any atom is -0.462 e. The number of nitrogens with one attached hydrogen (secondary N) is 2. The van der Waals surface area contributed by atoms with E-state index in [-0.39, 0.29) is 12.0 Å². The van der Waals surface area contributed by atoms with E-state index in [2.05, 4.69) is 10.6 Å². The van der Waals surface area contributed by atoms with Crippen LogP contribution in [0.3, 0.4) is 0 Å². The lowest BCUT2D eigenvalue weighted by molar-refractivity contribution is 0.0526. The second-order valence-corrected chi connectivity index (χ2v) is 5.44. The molecule has 2 aromatic carbocycles. The molecule has 5 nitrogen and oxygen atoms in total. The van der Waals surface area contributed by atoms with Gasteiger partial charge in [-0.3, -0.25) is 0 Å². The van der Waals surface area contributed by atoms with Gasteiger partial charge in [0.1, 0.15) is 0 Å². The molecule has 0 saturated carbocycles. The van der Waals surface area contributed by atoms with Crippen molar-refractivity contribution in [2.24, 2.45) is 0 Å². The maximum absolute atomic E-state index is 11.8. The third kappa shape index (κ3) is 5.43. The van der Waals surface area contributed by atoms with Gasteiger partial charge in [-0.2, -0.15) is 0 Å². The van der Waals surface area contributed by atoms with Gasteiger partial charge in [0.25, 0.3) is 0 Å². The summed E-state index contributed by atoms with van der Waals surface area (Å²) >= 11 is 0. The quantitative estimate of drug-likeness (QED) is 0.801. The van der Waals surface area contributed by atoms with Crippen molar-refractivity contribution >= 4 is 12.0 Å². The zero-order valence-corrected chi connectivity index (χ0v) is 14.0. The fraction of sp³-hybridized carbons (Fsp3) is 0.263. The molecule has 5 heteroatoms. The van der Waals surface area contributed by atoms with E-state index in [1.165, 1.54) is 0 Å². The number of hydrogen-bond acceptors (Lipinski definition) is 3. The molecule has 0 aromatic heterocycles. The van der Waals surface area contributed by atoms with Crippen LogP contribution in [-0.2, 0) is 17.8 Å². The number of benzene rings is 2. The van der Waals surface area contributed by atoms with Gasteiger partial charge in [-0.25, -0.2) is 9.59 Å². The average Bonchev–Trinajstić information content (AvgIpc) is 2.59. The summed E-state index contributed by atoms with van der Waals surface area (Å²) in [6.07, 6.45) is 0. The lowest BCUT2D eigenvalue weighted by Crippen LogP contribution is -2.34. The van der Waals surface area contributed by atoms with Crippen LogP contribution in [0.1, 0.15) is 34.0 Å². The Morgan fingerprint density at radius 2 is 1.62 bits per heavy atom. The summed E-state index contributed by atoms with van der Waals surface area (Å²) in [5, 5.41) is 5.61. The minimum atomic E-state index is -0.340. The third-order valence-electron chi connectivity index (χ3n) is 3.45. The van der Waals surface area contributed by atoms with Crippen LogP contribution < -0.4 is 10.6 Å². The van der Waals surface area contributed by atoms with Gasteiger partial charge in [0, 0.05) is 13.1 Å². The highest BCUT2D eigenvalue weighted by atomic mass is 16.5. The maximum Gasteiger partial charge on any atom is 0.338 e. The van der Waals surface area contributed by atoms with Crippen LogP contribution in [0.4, 0.5) is 4.79 Å². The van der Waals surface area contributed by atoms with Crippen LogP contribution in [0.2, 0.25) is 0 Å². The van der Waals surface area contributed by atoms with E-state index in [1.807, 2.05) is 31.2 Å². The molecule has 24 heavy (non-hydrogen) atoms. The lowest BCUT2D eigenvalue weighted by Gasteiger charge is -2.09. The summed E-state index contributed by atoms with van der Waals surface area (Å²) in [6, 6.07) is 14.7. The first-order chi connectivity index (χ1) is 11.6. The monoisotopic (exact) mass is 326 g/mol. The van der Waals surface area contributed by atoms with Crippen molar-refractivity contribution in [3.05, 3.63) is 70.8 Å². The molecular weight excluding hydrogens is 304 g/mol. The second-order valence-electron chi connectivity index (χ2n) is 5.44. The summed E-state index contributed by atoms with van der Waals surface area (Å²) in [5.41, 5.74) is 3.64. The molecule has 2 N–H and O–H groups in total. The molecule has 126 valence electrons. The number of urea groups is 1. The van der Waals surface area contributed by atoms with E-state index in [0.29, 0.717) is 25.3 Å². The van der Waals surface area contributed by atoms with Crippen LogP contribution in [0.25, 0.3) is 0 Å². The topological polar surface area (TPSA) is 67.4 Å². The van der Waals surface area contributed by atoms with E-state index in [1.54, 1.807) is 31.2 Å². The summed E-state index contributed by atoms with van der Waals surface area (Å²) in [4.78, 5) is 23.4. The van der Waals surface area contributed by atoms with Gasteiger partial charge in [-0.1, -0.05) is 42.0 Å². The molecule has 0 heterocycles. The van der Waals surface area contributed by atoms with Crippen LogP contribution >= 0.6 is 0 Å². The highest BCUT2D eigenvalue weighted by Crippen LogP contribution is 2.06. The number of aryl methyl sites for hydroxylation is 1. The lowest BCUT2D eigenvalue weighted by atomic mass is 10.1. The predicted molar refractivity (Wildman–Crippen MR) is 92.7 cm³/mol. The standard InChI is InChI=1S/C19H22N2O3/c1-3-24-18(22)17-9-7-15(8-10-17)12-20-19(23)21-13-16-6-4-5-14(2)11-16/h4-11H,3,12-13H2,1-2H3,(H2,20,21,23). The third-order valence-corrected chi connectivity index (χ3v) is 3.45. The molecule has 0 bridgehead atoms. The molecule has 0 radical (unpaired) electrons. The van der Waals surface area contributed by atoms with Crippen LogP contribution in [0, 0.1) is 6.92 Å². The largest absolute Gasteiger partial charge is 0.462 e. The Morgan fingerprint density at radius 3 is 2.25 bits per heavy atom. The number of amides is 2. The molecule has 0 aliphatic carbocycles. The van der Waals surface area contributed by atoms with Crippen molar-refractivity contribution in [1.82, 2.24) is 10.6 Å². The molecule has 0 saturated heterocycles. The first-order valence-electron chi connectivity index (χ1n) is 7.92. The Kier molecular flexibility index (Phi) is 6.37. The van der Waals surface area contributed by atoms with E-state index in [0.717, 1.165) is 16.7 Å². The molecule has 0 unspecified atom stereocenters. The highest BCUT2D eigenvalue weighted by Gasteiger charge is 2.06. The number of hydrogen-bond donors (Lipinski definition) is 2. The Balaban J connectivity index is 1.78. The Bertz CT molecular complexity index is 696. The molecule has 2 rings (SSSR count). The smallest absolute Gasteiger partial charge is 0.338 e. The van der Waals surface area contributed by atoms with Crippen molar-refractivity contribution in [2.75, 3.05) is 6.61 Å². The maximum atomic E-state index is 11.8. The molecule has 0 spiro atoms. The number of carbonyl (C=O) groups is 2. The van der Waals surface area contributed by atoms with E-state index in [9.17, 15) is 9.59 Å². The Morgan fingerprint density at radius 1 is 0.958 bits per heavy atom. The Hall–Kier alpha value is -2.82. The number of carbonyl (C=O) groups excluding carboxylic acids is 2. The summed E-state index contributed by atoms with van der Waals surface area (Å²) in [7, 11) is 0. The normalized spacial score (nSPS) is 10.1. The molecular formula is C19H22N2O3. The molecule has 2 aromatic rings. The average molecular weight is 326 g/mol. The van der Waals surface area contributed by atoms with E-state index >= 15 is 0 Å². The van der Waals surface area contributed by atoms with Gasteiger partial charge in [0.05, 0.1) is 12.2 Å². The zero-order chi connectivity index (χ0) is 17.4. The molecule has 0 aliphatic rings. The fourth-order valence-corrected chi connectivity index (χ4v) is 2.22. The van der Waals surface area contributed by atoms with Crippen molar-refractivity contribution in [3.63, 3.8) is 0 Å². The van der Waals surface area contributed by atoms with E-state index < -0.39 is 0 Å². The first kappa shape index (κ1) is 17.5. The number of rotatable bonds is 6. The fourth-order valence-electron chi connectivity index (χ4n) is 2.22. The zero-order valence-electron chi connectivity index (χ0n) is 14.0. The van der Waals surface area contributed by atoms with Gasteiger partial charge in [0.15, 0.2) is 0 Å². The van der Waals surface area contributed by atoms with Crippen LogP contribution in [0.5, 0.6) is 0 Å². The highest BCUT2D eigenvalue weighted by molar-refractivity contribution is 5.89. The second kappa shape index (κ2) is 8.72. The van der Waals surface area contributed by atoms with Gasteiger partial charge < -0.3 is 15.4 Å². The first-order valence-corrected chi connectivity index (χ1v) is 7.92. The van der Waals surface area contributed by atoms with Crippen molar-refractivity contribution in [3.8, 4) is 0 Å². The summed E-state index contributed by atoms with van der Waals surface area (Å²) < 4.78 is 4.93. The van der Waals surface area contributed by atoms with Gasteiger partial charge in [-0.05, 0) is 37.1 Å². The SMILES string of the molecule is CCOC(=O)c1ccc(CNC(=O)NCc2cccc(C)c2)cc1. The van der Waals surface area contributed by atoms with Crippen molar-refractivity contribution < 1.29 is 14.3 Å². The summed E-state index contributed by atoms with van der Waals surface area (Å²) in [5.74, 6) is -0.340. The van der Waals surface area contributed by atoms with E-state index in [4.69, 9.17) is 4.74 Å². The summed E-state index contributed by atoms with van der Waals surface area (Å²) in [6.45, 7) is 5.01. The number of ether oxygens (including phenoxy) is 1. The van der Waals surface area contributed by atoms with Crippen LogP contribution in [-0.4, -0.2) is 18.6 Å². The molecule has 0 fully saturated rings. The van der Waals surface area contributed by atoms with Gasteiger partial charge >= 0.3 is 12.0 Å². The predicted octanol–water partition coefficient (Wildman–Crippen LogP) is 3.17. The molecule has 2 amide bonds. The van der Waals surface area contributed by atoms with Crippen LogP contribution in [0.15, 0.2) is 48.5 Å². The molecule has 0 aliphatic heterocycles. The van der Waals surface area contributed by atoms with Gasteiger partial charge in [-0.15, -0.1) is 0 Å². The van der Waals surface area contributed by atoms with Gasteiger partial charge in [0.2, 0.25) is 0 Å². The number of esters is 1. The minimum absolute atomic E-state index is 0.231. The molecule has 0 atom stereocenters.